The number of aliphatic imine (C=N–C) groups is 1. The third-order valence-corrected chi connectivity index (χ3v) is 3.31. The molecule has 5 heteroatoms. The van der Waals surface area contributed by atoms with Crippen molar-refractivity contribution in [2.45, 2.75) is 6.04 Å². The second kappa shape index (κ2) is 5.52. The van der Waals surface area contributed by atoms with E-state index in [2.05, 4.69) is 4.99 Å². The summed E-state index contributed by atoms with van der Waals surface area (Å²) in [6.45, 7) is 0.563. The highest BCUT2D eigenvalue weighted by molar-refractivity contribution is 5.78. The summed E-state index contributed by atoms with van der Waals surface area (Å²) in [7, 11) is 1.80. The molecular weight excluding hydrogens is 274 g/mol. The Kier molecular flexibility index (Phi) is 3.56. The van der Waals surface area contributed by atoms with Gasteiger partial charge >= 0.3 is 0 Å². The average Bonchev–Trinajstić information content (AvgIpc) is 2.83. The molecule has 0 bridgehead atoms. The highest BCUT2D eigenvalue weighted by Crippen LogP contribution is 2.26. The van der Waals surface area contributed by atoms with Crippen LogP contribution in [-0.4, -0.2) is 24.5 Å². The van der Waals surface area contributed by atoms with Gasteiger partial charge in [0.2, 0.25) is 0 Å². The Bertz CT molecular complexity index is 687. The highest BCUT2D eigenvalue weighted by atomic mass is 19.1. The van der Waals surface area contributed by atoms with Gasteiger partial charge in [0.25, 0.3) is 6.02 Å². The maximum Gasteiger partial charge on any atom is 0.293 e. The molecule has 1 aliphatic heterocycles. The first-order valence-corrected chi connectivity index (χ1v) is 6.60. The van der Waals surface area contributed by atoms with Crippen LogP contribution in [0.3, 0.4) is 0 Å². The van der Waals surface area contributed by atoms with E-state index in [1.165, 1.54) is 18.2 Å². The van der Waals surface area contributed by atoms with E-state index < -0.39 is 5.82 Å². The van der Waals surface area contributed by atoms with E-state index >= 15 is 0 Å². The molecule has 1 heterocycles. The van der Waals surface area contributed by atoms with E-state index in [-0.39, 0.29) is 17.6 Å². The van der Waals surface area contributed by atoms with Crippen molar-refractivity contribution in [3.8, 4) is 5.75 Å². The minimum absolute atomic E-state index is 0.128. The third kappa shape index (κ3) is 2.86. The van der Waals surface area contributed by atoms with Crippen molar-refractivity contribution >= 4 is 6.02 Å². The standard InChI is InChI=1S/C16H14F2N2O/c1-20-10-14(11-5-4-6-12(17)9-11)19-16(20)21-15-8-3-2-7-13(15)18/h2-9,14H,10H2,1H3. The summed E-state index contributed by atoms with van der Waals surface area (Å²) >= 11 is 0. The number of hydrogen-bond acceptors (Lipinski definition) is 3. The van der Waals surface area contributed by atoms with Gasteiger partial charge in [0.05, 0.1) is 6.04 Å². The largest absolute Gasteiger partial charge is 0.423 e. The molecule has 3 nitrogen and oxygen atoms in total. The van der Waals surface area contributed by atoms with Crippen LogP contribution < -0.4 is 4.74 Å². The van der Waals surface area contributed by atoms with Crippen molar-refractivity contribution in [3.63, 3.8) is 0 Å². The SMILES string of the molecule is CN1CC(c2cccc(F)c2)N=C1Oc1ccccc1F. The van der Waals surface area contributed by atoms with E-state index in [4.69, 9.17) is 4.74 Å². The molecule has 1 aliphatic rings. The fourth-order valence-electron chi connectivity index (χ4n) is 2.23. The summed E-state index contributed by atoms with van der Waals surface area (Å²) in [5, 5.41) is 0. The van der Waals surface area contributed by atoms with E-state index in [9.17, 15) is 8.78 Å². The number of likely N-dealkylation sites (N-methyl/N-ethyl adjacent to an activating group) is 1. The summed E-state index contributed by atoms with van der Waals surface area (Å²) in [6.07, 6.45) is 0. The zero-order chi connectivity index (χ0) is 14.8. The molecule has 0 saturated heterocycles. The molecule has 0 aromatic heterocycles. The van der Waals surface area contributed by atoms with Gasteiger partial charge in [-0.1, -0.05) is 24.3 Å². The number of benzene rings is 2. The molecule has 2 aromatic rings. The van der Waals surface area contributed by atoms with Crippen LogP contribution in [0, 0.1) is 11.6 Å². The van der Waals surface area contributed by atoms with Crippen molar-refractivity contribution in [1.29, 1.82) is 0 Å². The van der Waals surface area contributed by atoms with Crippen LogP contribution in [0.15, 0.2) is 53.5 Å². The number of nitrogens with zero attached hydrogens (tertiary/aromatic N) is 2. The normalized spacial score (nSPS) is 17.8. The van der Waals surface area contributed by atoms with Crippen LogP contribution in [0.1, 0.15) is 11.6 Å². The fourth-order valence-corrected chi connectivity index (χ4v) is 2.23. The predicted octanol–water partition coefficient (Wildman–Crippen LogP) is 3.39. The van der Waals surface area contributed by atoms with Gasteiger partial charge in [-0.05, 0) is 29.8 Å². The minimum atomic E-state index is -0.442. The molecule has 0 amide bonds. The lowest BCUT2D eigenvalue weighted by molar-refractivity contribution is 0.397. The quantitative estimate of drug-likeness (QED) is 0.846. The molecule has 0 aliphatic carbocycles. The van der Waals surface area contributed by atoms with E-state index in [0.717, 1.165) is 5.56 Å². The Morgan fingerprint density at radius 1 is 1.14 bits per heavy atom. The zero-order valence-electron chi connectivity index (χ0n) is 11.5. The number of rotatable bonds is 2. The summed E-state index contributed by atoms with van der Waals surface area (Å²) in [5.74, 6) is -0.611. The van der Waals surface area contributed by atoms with E-state index in [1.807, 2.05) is 6.07 Å². The first-order valence-electron chi connectivity index (χ1n) is 6.60. The van der Waals surface area contributed by atoms with Gasteiger partial charge in [-0.3, -0.25) is 0 Å². The Morgan fingerprint density at radius 3 is 2.71 bits per heavy atom. The topological polar surface area (TPSA) is 24.8 Å². The number of halogens is 2. The van der Waals surface area contributed by atoms with Gasteiger partial charge in [-0.25, -0.2) is 13.8 Å². The number of para-hydroxylation sites is 1. The highest BCUT2D eigenvalue weighted by Gasteiger charge is 2.26. The molecule has 108 valence electrons. The lowest BCUT2D eigenvalue weighted by Crippen LogP contribution is -2.27. The van der Waals surface area contributed by atoms with Crippen LogP contribution in [-0.2, 0) is 0 Å². The first kappa shape index (κ1) is 13.5. The molecule has 2 aromatic carbocycles. The van der Waals surface area contributed by atoms with E-state index in [0.29, 0.717) is 12.6 Å². The van der Waals surface area contributed by atoms with Crippen molar-refractivity contribution < 1.29 is 13.5 Å². The van der Waals surface area contributed by atoms with Gasteiger partial charge in [-0.15, -0.1) is 0 Å². The Hall–Kier alpha value is -2.43. The number of hydrogen-bond donors (Lipinski definition) is 0. The fraction of sp³-hybridized carbons (Fsp3) is 0.188. The van der Waals surface area contributed by atoms with Crippen molar-refractivity contribution in [1.82, 2.24) is 4.90 Å². The summed E-state index contributed by atoms with van der Waals surface area (Å²) in [6, 6.07) is 12.6. The molecule has 0 fully saturated rings. The van der Waals surface area contributed by atoms with Crippen LogP contribution in [0.2, 0.25) is 0 Å². The monoisotopic (exact) mass is 288 g/mol. The third-order valence-electron chi connectivity index (χ3n) is 3.31. The van der Waals surface area contributed by atoms with Gasteiger partial charge in [0.1, 0.15) is 5.82 Å². The second-order valence-electron chi connectivity index (χ2n) is 4.90. The van der Waals surface area contributed by atoms with Crippen molar-refractivity contribution in [2.24, 2.45) is 4.99 Å². The molecule has 0 radical (unpaired) electrons. The molecular formula is C16H14F2N2O. The minimum Gasteiger partial charge on any atom is -0.423 e. The van der Waals surface area contributed by atoms with Gasteiger partial charge in [-0.2, -0.15) is 0 Å². The van der Waals surface area contributed by atoms with E-state index in [1.54, 1.807) is 36.2 Å². The Morgan fingerprint density at radius 2 is 1.95 bits per heavy atom. The zero-order valence-corrected chi connectivity index (χ0v) is 11.5. The summed E-state index contributed by atoms with van der Waals surface area (Å²) in [4.78, 5) is 6.18. The molecule has 0 spiro atoms. The number of amidine groups is 1. The lowest BCUT2D eigenvalue weighted by Gasteiger charge is -2.14. The van der Waals surface area contributed by atoms with Crippen LogP contribution in [0.4, 0.5) is 8.78 Å². The van der Waals surface area contributed by atoms with Gasteiger partial charge in [0.15, 0.2) is 11.6 Å². The smallest absolute Gasteiger partial charge is 0.293 e. The van der Waals surface area contributed by atoms with Gasteiger partial charge < -0.3 is 9.64 Å². The maximum absolute atomic E-state index is 13.6. The van der Waals surface area contributed by atoms with Crippen LogP contribution in [0.25, 0.3) is 0 Å². The van der Waals surface area contributed by atoms with Crippen molar-refractivity contribution in [3.05, 3.63) is 65.7 Å². The predicted molar refractivity (Wildman–Crippen MR) is 76.2 cm³/mol. The molecule has 0 N–H and O–H groups in total. The summed E-state index contributed by atoms with van der Waals surface area (Å²) < 4.78 is 32.4. The Balaban J connectivity index is 1.83. The number of ether oxygens (including phenoxy) is 1. The average molecular weight is 288 g/mol. The molecule has 1 unspecified atom stereocenters. The lowest BCUT2D eigenvalue weighted by atomic mass is 10.1. The summed E-state index contributed by atoms with van der Waals surface area (Å²) in [5.41, 5.74) is 0.772. The molecule has 3 rings (SSSR count). The first-order chi connectivity index (χ1) is 10.1. The molecule has 21 heavy (non-hydrogen) atoms. The van der Waals surface area contributed by atoms with Crippen LogP contribution in [0.5, 0.6) is 5.75 Å². The van der Waals surface area contributed by atoms with Gasteiger partial charge in [0, 0.05) is 13.6 Å². The molecule has 0 saturated carbocycles. The Labute approximate surface area is 121 Å². The maximum atomic E-state index is 13.6. The second-order valence-corrected chi connectivity index (χ2v) is 4.90. The van der Waals surface area contributed by atoms with Crippen LogP contribution >= 0.6 is 0 Å². The van der Waals surface area contributed by atoms with Crippen molar-refractivity contribution in [2.75, 3.05) is 13.6 Å². The molecule has 1 atom stereocenters.